The average Bonchev–Trinajstić information content (AvgIpc) is 3.13. The lowest BCUT2D eigenvalue weighted by Crippen LogP contribution is -2.60. The van der Waals surface area contributed by atoms with Crippen molar-refractivity contribution in [2.45, 2.75) is 118 Å². The van der Waals surface area contributed by atoms with Crippen molar-refractivity contribution in [3.8, 4) is 0 Å². The molecule has 0 aliphatic carbocycles. The van der Waals surface area contributed by atoms with Crippen LogP contribution < -0.4 is 10.6 Å². The molecule has 1 unspecified atom stereocenters. The smallest absolute Gasteiger partial charge is 0.328 e. The van der Waals surface area contributed by atoms with Gasteiger partial charge in [0.05, 0.1) is 19.2 Å². The molecule has 5 atom stereocenters. The molecule has 10 heteroatoms. The van der Waals surface area contributed by atoms with Gasteiger partial charge in [0.2, 0.25) is 17.7 Å². The number of ether oxygens (including phenoxy) is 1. The van der Waals surface area contributed by atoms with Gasteiger partial charge in [-0.2, -0.15) is 0 Å². The molecule has 3 rings (SSSR count). The average molecular weight is 717 g/mol. The topological polar surface area (TPSA) is 125 Å². The minimum Gasteiger partial charge on any atom is -0.467 e. The Morgan fingerprint density at radius 1 is 0.942 bits per heavy atom. The van der Waals surface area contributed by atoms with Crippen LogP contribution >= 0.6 is 0 Å². The third-order valence-electron chi connectivity index (χ3n) is 10.1. The maximum atomic E-state index is 14.2. The summed E-state index contributed by atoms with van der Waals surface area (Å²) in [6.45, 7) is 16.5. The summed E-state index contributed by atoms with van der Waals surface area (Å²) in [5.41, 5.74) is 1.59. The predicted octanol–water partition coefficient (Wildman–Crippen LogP) is 5.73. The fourth-order valence-electron chi connectivity index (χ4n) is 6.71. The van der Waals surface area contributed by atoms with Gasteiger partial charge >= 0.3 is 5.97 Å². The molecule has 1 aliphatic heterocycles. The summed E-state index contributed by atoms with van der Waals surface area (Å²) < 4.78 is 5.02. The van der Waals surface area contributed by atoms with E-state index in [4.69, 9.17) is 4.74 Å². The number of amides is 3. The summed E-state index contributed by atoms with van der Waals surface area (Å²) in [6.07, 6.45) is 5.62. The first-order valence-electron chi connectivity index (χ1n) is 18.6. The summed E-state index contributed by atoms with van der Waals surface area (Å²) in [4.78, 5) is 71.0. The fourth-order valence-corrected chi connectivity index (χ4v) is 6.71. The van der Waals surface area contributed by atoms with Crippen molar-refractivity contribution in [2.75, 3.05) is 20.7 Å². The van der Waals surface area contributed by atoms with E-state index in [2.05, 4.69) is 29.4 Å². The minimum absolute atomic E-state index is 0.0687. The molecule has 2 aromatic rings. The van der Waals surface area contributed by atoms with Gasteiger partial charge in [0.1, 0.15) is 12.1 Å². The summed E-state index contributed by atoms with van der Waals surface area (Å²) in [7, 11) is 2.97. The van der Waals surface area contributed by atoms with Gasteiger partial charge in [-0.3, -0.25) is 24.1 Å². The molecule has 1 heterocycles. The van der Waals surface area contributed by atoms with E-state index in [-0.39, 0.29) is 42.0 Å². The molecule has 0 radical (unpaired) electrons. The number of benzene rings is 2. The Morgan fingerprint density at radius 3 is 2.12 bits per heavy atom. The van der Waals surface area contributed by atoms with Crippen molar-refractivity contribution >= 4 is 29.5 Å². The second-order valence-corrected chi connectivity index (χ2v) is 15.5. The Morgan fingerprint density at radius 2 is 1.56 bits per heavy atom. The first kappa shape index (κ1) is 42.1. The molecule has 284 valence electrons. The van der Waals surface area contributed by atoms with Crippen LogP contribution in [0.5, 0.6) is 0 Å². The number of hydrogen-bond donors (Lipinski definition) is 2. The number of piperidine rings is 1. The van der Waals surface area contributed by atoms with Crippen molar-refractivity contribution in [3.63, 3.8) is 0 Å². The van der Waals surface area contributed by atoms with E-state index in [1.54, 1.807) is 61.3 Å². The third-order valence-corrected chi connectivity index (χ3v) is 10.1. The molecule has 1 fully saturated rings. The zero-order valence-electron chi connectivity index (χ0n) is 32.8. The zero-order valence-corrected chi connectivity index (χ0v) is 32.8. The van der Waals surface area contributed by atoms with E-state index in [1.807, 2.05) is 52.8 Å². The minimum atomic E-state index is -0.983. The highest BCUT2D eigenvalue weighted by molar-refractivity contribution is 6.09. The van der Waals surface area contributed by atoms with Crippen molar-refractivity contribution in [3.05, 3.63) is 82.9 Å². The molecule has 0 saturated carbocycles. The van der Waals surface area contributed by atoms with Crippen LogP contribution in [-0.4, -0.2) is 90.2 Å². The normalized spacial score (nSPS) is 17.8. The number of rotatable bonds is 15. The zero-order chi connectivity index (χ0) is 38.7. The molecule has 1 aliphatic rings. The van der Waals surface area contributed by atoms with Gasteiger partial charge in [-0.05, 0) is 56.6 Å². The summed E-state index contributed by atoms with van der Waals surface area (Å²) >= 11 is 0. The molecule has 10 nitrogen and oxygen atoms in total. The lowest BCUT2D eigenvalue weighted by molar-refractivity contribution is -0.144. The van der Waals surface area contributed by atoms with E-state index in [0.29, 0.717) is 16.7 Å². The quantitative estimate of drug-likeness (QED) is 0.137. The Balaban J connectivity index is 1.76. The Kier molecular flexibility index (Phi) is 15.4. The van der Waals surface area contributed by atoms with E-state index in [1.165, 1.54) is 7.11 Å². The third kappa shape index (κ3) is 11.1. The number of nitrogens with zero attached hydrogens (tertiary/aromatic N) is 2. The van der Waals surface area contributed by atoms with Gasteiger partial charge < -0.3 is 20.3 Å². The second kappa shape index (κ2) is 19.0. The van der Waals surface area contributed by atoms with Gasteiger partial charge in [-0.15, -0.1) is 0 Å². The van der Waals surface area contributed by atoms with Crippen LogP contribution in [0, 0.1) is 11.3 Å². The van der Waals surface area contributed by atoms with Crippen molar-refractivity contribution in [2.24, 2.45) is 11.3 Å². The highest BCUT2D eigenvalue weighted by Crippen LogP contribution is 2.26. The van der Waals surface area contributed by atoms with Crippen LogP contribution in [-0.2, 0) is 30.3 Å². The van der Waals surface area contributed by atoms with Crippen molar-refractivity contribution in [1.29, 1.82) is 0 Å². The predicted molar refractivity (Wildman–Crippen MR) is 205 cm³/mol. The number of ketones is 1. The highest BCUT2D eigenvalue weighted by atomic mass is 16.5. The lowest BCUT2D eigenvalue weighted by Gasteiger charge is -2.41. The lowest BCUT2D eigenvalue weighted by atomic mass is 9.84. The van der Waals surface area contributed by atoms with E-state index in [9.17, 15) is 24.0 Å². The summed E-state index contributed by atoms with van der Waals surface area (Å²) in [6, 6.07) is 13.7. The molecule has 2 aromatic carbocycles. The molecular formula is C42H60N4O6. The van der Waals surface area contributed by atoms with Gasteiger partial charge in [0.15, 0.2) is 5.78 Å². The van der Waals surface area contributed by atoms with Crippen LogP contribution in [0.2, 0.25) is 0 Å². The molecule has 3 amide bonds. The summed E-state index contributed by atoms with van der Waals surface area (Å²) in [5, 5.41) is 5.94. The number of carbonyl (C=O) groups is 5. The highest BCUT2D eigenvalue weighted by Gasteiger charge is 2.40. The van der Waals surface area contributed by atoms with Crippen LogP contribution in [0.25, 0.3) is 0 Å². The maximum Gasteiger partial charge on any atom is 0.328 e. The number of hydrogen-bond acceptors (Lipinski definition) is 7. The Bertz CT molecular complexity index is 1560. The van der Waals surface area contributed by atoms with Crippen LogP contribution in [0.4, 0.5) is 0 Å². The maximum absolute atomic E-state index is 14.2. The number of nitrogens with one attached hydrogen (secondary N) is 2. The number of likely N-dealkylation sites (tertiary alicyclic amines) is 1. The molecule has 0 bridgehead atoms. The monoisotopic (exact) mass is 716 g/mol. The summed E-state index contributed by atoms with van der Waals surface area (Å²) in [5.74, 6) is -1.62. The van der Waals surface area contributed by atoms with Crippen LogP contribution in [0.15, 0.2) is 66.2 Å². The van der Waals surface area contributed by atoms with E-state index < -0.39 is 35.4 Å². The number of carbonyl (C=O) groups excluding carboxylic acids is 5. The standard InChI is InChI=1S/C42H60N4O6/c1-11-29(5)46-24-16-15-19-34(46)39(49)44-37(42(6,7)8)40(50)45(9)35(27(2)3)25-28(4)38(48)43-33(41(51)52-10)26-30-20-22-32(23-21-30)36(47)31-17-13-12-14-18-31/h12-14,17-18,20-23,25,27,29,33-35,37H,11,15-16,19,24,26H2,1-10H3,(H,43,48)(H,44,49)/t29?,33-,34+,35+,37+/m0/s1. The van der Waals surface area contributed by atoms with Gasteiger partial charge in [0, 0.05) is 36.2 Å². The molecule has 0 spiro atoms. The van der Waals surface area contributed by atoms with Crippen molar-refractivity contribution < 1.29 is 28.7 Å². The van der Waals surface area contributed by atoms with Crippen molar-refractivity contribution in [1.82, 2.24) is 20.4 Å². The molecule has 2 N–H and O–H groups in total. The molecular weight excluding hydrogens is 656 g/mol. The number of esters is 1. The fraction of sp³-hybridized carbons (Fsp3) is 0.548. The van der Waals surface area contributed by atoms with Gasteiger partial charge in [0.25, 0.3) is 0 Å². The van der Waals surface area contributed by atoms with E-state index >= 15 is 0 Å². The Hall–Kier alpha value is -4.31. The first-order valence-corrected chi connectivity index (χ1v) is 18.6. The second-order valence-electron chi connectivity index (χ2n) is 15.5. The first-order chi connectivity index (χ1) is 24.5. The molecule has 0 aromatic heterocycles. The number of likely N-dealkylation sites (N-methyl/N-ethyl adjacent to an activating group) is 1. The van der Waals surface area contributed by atoms with Gasteiger partial charge in [-0.1, -0.05) is 109 Å². The molecule has 1 saturated heterocycles. The number of methoxy groups -OCH3 is 1. The Labute approximate surface area is 310 Å². The van der Waals surface area contributed by atoms with Gasteiger partial charge in [-0.25, -0.2) is 4.79 Å². The van der Waals surface area contributed by atoms with E-state index in [0.717, 1.165) is 37.8 Å². The van der Waals surface area contributed by atoms with Crippen LogP contribution in [0.3, 0.4) is 0 Å². The molecule has 52 heavy (non-hydrogen) atoms. The van der Waals surface area contributed by atoms with Crippen LogP contribution in [0.1, 0.15) is 103 Å². The largest absolute Gasteiger partial charge is 0.467 e. The SMILES string of the molecule is CCC(C)N1CCCC[C@@H]1C(=O)N[C@H](C(=O)N(C)[C@H](C=C(C)C(=O)N[C@@H](Cc1ccc(C(=O)c2ccccc2)cc1)C(=O)OC)C(C)C)C(C)(C)C.